The van der Waals surface area contributed by atoms with E-state index in [-0.39, 0.29) is 17.7 Å². The summed E-state index contributed by atoms with van der Waals surface area (Å²) in [7, 11) is 0. The molecule has 3 aromatic heterocycles. The third-order valence-electron chi connectivity index (χ3n) is 5.83. The lowest BCUT2D eigenvalue weighted by Gasteiger charge is -2.12. The van der Waals surface area contributed by atoms with Gasteiger partial charge in [-0.05, 0) is 48.9 Å². The van der Waals surface area contributed by atoms with E-state index in [1.807, 2.05) is 81.1 Å². The Labute approximate surface area is 203 Å². The van der Waals surface area contributed by atoms with E-state index in [0.29, 0.717) is 5.82 Å². The van der Waals surface area contributed by atoms with Crippen LogP contribution in [0.25, 0.3) is 28.0 Å². The lowest BCUT2D eigenvalue weighted by Crippen LogP contribution is -2.14. The molecule has 2 aromatic carbocycles. The summed E-state index contributed by atoms with van der Waals surface area (Å²) in [5.41, 5.74) is 6.58. The first-order chi connectivity index (χ1) is 16.8. The van der Waals surface area contributed by atoms with Crippen molar-refractivity contribution in [3.8, 4) is 16.9 Å². The van der Waals surface area contributed by atoms with Gasteiger partial charge in [-0.25, -0.2) is 4.98 Å². The Morgan fingerprint density at radius 1 is 1.03 bits per heavy atom. The molecule has 0 atom stereocenters. The number of hydrogen-bond acceptors (Lipinski definition) is 5. The van der Waals surface area contributed by atoms with Gasteiger partial charge in [-0.1, -0.05) is 50.2 Å². The molecule has 3 heterocycles. The molecule has 0 aliphatic rings. The molecule has 0 spiro atoms. The fourth-order valence-corrected chi connectivity index (χ4v) is 3.92. The number of imidazole rings is 1. The van der Waals surface area contributed by atoms with E-state index < -0.39 is 0 Å². The van der Waals surface area contributed by atoms with Crippen molar-refractivity contribution in [2.45, 2.75) is 39.5 Å². The molecule has 0 aliphatic carbocycles. The maximum atomic E-state index is 12.5. The van der Waals surface area contributed by atoms with Crippen molar-refractivity contribution in [1.82, 2.24) is 19.7 Å². The maximum absolute atomic E-state index is 12.5. The van der Waals surface area contributed by atoms with E-state index in [2.05, 4.69) is 38.6 Å². The molecule has 7 nitrogen and oxygen atoms in total. The van der Waals surface area contributed by atoms with Gasteiger partial charge in [0.1, 0.15) is 12.1 Å². The smallest absolute Gasteiger partial charge is 0.230 e. The third-order valence-corrected chi connectivity index (χ3v) is 5.83. The van der Waals surface area contributed by atoms with Crippen LogP contribution in [0.15, 0.2) is 77.6 Å². The van der Waals surface area contributed by atoms with Crippen LogP contribution >= 0.6 is 0 Å². The van der Waals surface area contributed by atoms with Crippen LogP contribution in [0.4, 0.5) is 5.82 Å². The Kier molecular flexibility index (Phi) is 5.68. The average molecular weight is 466 g/mol. The number of carbonyl (C=O) groups is 1. The SMILES string of the molecule is Cc1cccc(-c2ccc3c(c2)ncn3-c2ccc(CC(=O)Nc3cc(C(C)(C)C)on3)cc2)n1. The van der Waals surface area contributed by atoms with E-state index >= 15 is 0 Å². The summed E-state index contributed by atoms with van der Waals surface area (Å²) >= 11 is 0. The summed E-state index contributed by atoms with van der Waals surface area (Å²) in [5, 5.41) is 6.76. The van der Waals surface area contributed by atoms with Gasteiger partial charge in [0.25, 0.3) is 0 Å². The molecule has 0 saturated heterocycles. The zero-order valence-corrected chi connectivity index (χ0v) is 20.2. The molecule has 5 rings (SSSR count). The maximum Gasteiger partial charge on any atom is 0.230 e. The monoisotopic (exact) mass is 465 g/mol. The van der Waals surface area contributed by atoms with Crippen LogP contribution in [0.5, 0.6) is 0 Å². The fourth-order valence-electron chi connectivity index (χ4n) is 3.92. The number of fused-ring (bicyclic) bond motifs is 1. The molecule has 7 heteroatoms. The average Bonchev–Trinajstić information content (AvgIpc) is 3.46. The van der Waals surface area contributed by atoms with Crippen LogP contribution in [-0.4, -0.2) is 25.6 Å². The normalized spacial score (nSPS) is 11.7. The van der Waals surface area contributed by atoms with Crippen LogP contribution in [0.2, 0.25) is 0 Å². The van der Waals surface area contributed by atoms with Gasteiger partial charge < -0.3 is 9.84 Å². The lowest BCUT2D eigenvalue weighted by atomic mass is 9.93. The highest BCUT2D eigenvalue weighted by atomic mass is 16.5. The number of aromatic nitrogens is 4. The van der Waals surface area contributed by atoms with Crippen LogP contribution < -0.4 is 5.32 Å². The number of aryl methyl sites for hydroxylation is 1. The minimum Gasteiger partial charge on any atom is -0.359 e. The Morgan fingerprint density at radius 3 is 2.54 bits per heavy atom. The molecule has 0 bridgehead atoms. The van der Waals surface area contributed by atoms with Crippen molar-refractivity contribution in [2.24, 2.45) is 0 Å². The highest BCUT2D eigenvalue weighted by Crippen LogP contribution is 2.26. The van der Waals surface area contributed by atoms with Crippen molar-refractivity contribution in [1.29, 1.82) is 0 Å². The molecular weight excluding hydrogens is 438 g/mol. The molecule has 0 saturated carbocycles. The highest BCUT2D eigenvalue weighted by Gasteiger charge is 2.20. The van der Waals surface area contributed by atoms with Crippen LogP contribution in [0.1, 0.15) is 37.8 Å². The van der Waals surface area contributed by atoms with Crippen molar-refractivity contribution in [2.75, 3.05) is 5.32 Å². The van der Waals surface area contributed by atoms with Crippen LogP contribution in [0.3, 0.4) is 0 Å². The zero-order valence-electron chi connectivity index (χ0n) is 20.2. The standard InChI is InChI=1S/C28H27N5O2/c1-18-6-5-7-22(30-18)20-10-13-24-23(15-20)29-17-33(24)21-11-8-19(9-12-21)14-27(34)31-26-16-25(35-32-26)28(2,3)4/h5-13,15-17H,14H2,1-4H3,(H,31,32,34). The number of pyridine rings is 1. The first-order valence-corrected chi connectivity index (χ1v) is 11.5. The minimum absolute atomic E-state index is 0.142. The predicted octanol–water partition coefficient (Wildman–Crippen LogP) is 5.86. The molecule has 1 amide bonds. The number of nitrogens with one attached hydrogen (secondary N) is 1. The second-order valence-corrected chi connectivity index (χ2v) is 9.70. The molecular formula is C28H27N5O2. The molecule has 0 aliphatic heterocycles. The number of amides is 1. The Hall–Kier alpha value is -4.26. The third kappa shape index (κ3) is 4.84. The van der Waals surface area contributed by atoms with Gasteiger partial charge in [-0.2, -0.15) is 0 Å². The van der Waals surface area contributed by atoms with Gasteiger partial charge in [-0.3, -0.25) is 14.3 Å². The van der Waals surface area contributed by atoms with E-state index in [9.17, 15) is 4.79 Å². The van der Waals surface area contributed by atoms with Gasteiger partial charge in [0, 0.05) is 28.4 Å². The quantitative estimate of drug-likeness (QED) is 0.351. The topological polar surface area (TPSA) is 85.8 Å². The molecule has 5 aromatic rings. The number of hydrogen-bond donors (Lipinski definition) is 1. The largest absolute Gasteiger partial charge is 0.359 e. The first-order valence-electron chi connectivity index (χ1n) is 11.5. The van der Waals surface area contributed by atoms with Crippen molar-refractivity contribution < 1.29 is 9.32 Å². The first kappa shape index (κ1) is 22.5. The van der Waals surface area contributed by atoms with E-state index in [1.54, 1.807) is 6.07 Å². The number of rotatable bonds is 5. The number of anilines is 1. The number of benzene rings is 2. The molecule has 1 N–H and O–H groups in total. The van der Waals surface area contributed by atoms with Gasteiger partial charge in [0.15, 0.2) is 5.82 Å². The molecule has 0 fully saturated rings. The number of carbonyl (C=O) groups excluding carboxylic acids is 1. The van der Waals surface area contributed by atoms with Gasteiger partial charge >= 0.3 is 0 Å². The second-order valence-electron chi connectivity index (χ2n) is 9.70. The van der Waals surface area contributed by atoms with Crippen LogP contribution in [0, 0.1) is 6.92 Å². The van der Waals surface area contributed by atoms with E-state index in [0.717, 1.165) is 45.0 Å². The van der Waals surface area contributed by atoms with Gasteiger partial charge in [0.05, 0.1) is 23.1 Å². The Morgan fingerprint density at radius 2 is 1.83 bits per heavy atom. The summed E-state index contributed by atoms with van der Waals surface area (Å²) in [5.74, 6) is 1.02. The predicted molar refractivity (Wildman–Crippen MR) is 137 cm³/mol. The minimum atomic E-state index is -0.164. The molecule has 35 heavy (non-hydrogen) atoms. The Balaban J connectivity index is 1.30. The van der Waals surface area contributed by atoms with Crippen molar-refractivity contribution in [3.63, 3.8) is 0 Å². The summed E-state index contributed by atoms with van der Waals surface area (Å²) in [6.45, 7) is 8.08. The van der Waals surface area contributed by atoms with Gasteiger partial charge in [0.2, 0.25) is 5.91 Å². The molecule has 0 unspecified atom stereocenters. The van der Waals surface area contributed by atoms with E-state index in [1.165, 1.54) is 0 Å². The summed E-state index contributed by atoms with van der Waals surface area (Å²) in [6, 6.07) is 21.9. The summed E-state index contributed by atoms with van der Waals surface area (Å²) < 4.78 is 7.37. The lowest BCUT2D eigenvalue weighted by molar-refractivity contribution is -0.115. The summed E-state index contributed by atoms with van der Waals surface area (Å²) in [6.07, 6.45) is 2.06. The highest BCUT2D eigenvalue weighted by molar-refractivity contribution is 5.91. The van der Waals surface area contributed by atoms with E-state index in [4.69, 9.17) is 4.52 Å². The van der Waals surface area contributed by atoms with Crippen LogP contribution in [-0.2, 0) is 16.6 Å². The van der Waals surface area contributed by atoms with Crippen molar-refractivity contribution >= 4 is 22.8 Å². The Bertz CT molecular complexity index is 1510. The summed E-state index contributed by atoms with van der Waals surface area (Å²) in [4.78, 5) is 21.7. The molecule has 176 valence electrons. The second kappa shape index (κ2) is 8.83. The fraction of sp³-hybridized carbons (Fsp3) is 0.214. The zero-order chi connectivity index (χ0) is 24.6. The molecule has 0 radical (unpaired) electrons. The van der Waals surface area contributed by atoms with Gasteiger partial charge in [-0.15, -0.1) is 0 Å². The van der Waals surface area contributed by atoms with Crippen molar-refractivity contribution in [3.05, 3.63) is 90.1 Å². The number of nitrogens with zero attached hydrogens (tertiary/aromatic N) is 4.